The number of benzene rings is 1. The molecule has 142 valence electrons. The van der Waals surface area contributed by atoms with E-state index in [-0.39, 0.29) is 6.54 Å². The zero-order valence-electron chi connectivity index (χ0n) is 14.9. The predicted molar refractivity (Wildman–Crippen MR) is 98.4 cm³/mol. The van der Waals surface area contributed by atoms with Crippen LogP contribution in [0.4, 0.5) is 14.9 Å². The fraction of sp³-hybridized carbons (Fsp3) is 0.158. The molecule has 0 aliphatic carbocycles. The van der Waals surface area contributed by atoms with E-state index in [4.69, 9.17) is 4.74 Å². The van der Waals surface area contributed by atoms with Gasteiger partial charge in [0, 0.05) is 36.8 Å². The van der Waals surface area contributed by atoms with Crippen LogP contribution in [-0.2, 0) is 9.53 Å². The minimum absolute atomic E-state index is 0.0252. The van der Waals surface area contributed by atoms with Crippen molar-refractivity contribution in [3.8, 4) is 16.9 Å². The number of likely N-dealkylation sites (N-methyl/N-ethyl adjacent to an activating group) is 1. The van der Waals surface area contributed by atoms with Gasteiger partial charge >= 0.3 is 6.09 Å². The Morgan fingerprint density at radius 1 is 1.32 bits per heavy atom. The number of carbonyl (C=O) groups excluding carboxylic acids is 2. The Bertz CT molecular complexity index is 1020. The van der Waals surface area contributed by atoms with Crippen molar-refractivity contribution in [1.29, 1.82) is 0 Å². The smallest absolute Gasteiger partial charge is 0.415 e. The van der Waals surface area contributed by atoms with Gasteiger partial charge < -0.3 is 10.1 Å². The van der Waals surface area contributed by atoms with Gasteiger partial charge in [-0.05, 0) is 36.4 Å². The highest BCUT2D eigenvalue weighted by atomic mass is 19.1. The summed E-state index contributed by atoms with van der Waals surface area (Å²) in [5.41, 5.74) is 1.25. The van der Waals surface area contributed by atoms with Crippen molar-refractivity contribution in [3.63, 3.8) is 0 Å². The normalized spacial score (nSPS) is 16.1. The molecule has 1 aromatic carbocycles. The molecule has 4 rings (SSSR count). The van der Waals surface area contributed by atoms with Gasteiger partial charge in [-0.1, -0.05) is 0 Å². The Hall–Kier alpha value is -3.75. The molecule has 1 saturated heterocycles. The van der Waals surface area contributed by atoms with Crippen LogP contribution in [0.3, 0.4) is 0 Å². The molecule has 3 heterocycles. The number of hydrogen-bond acceptors (Lipinski definition) is 5. The van der Waals surface area contributed by atoms with Crippen LogP contribution in [0.1, 0.15) is 0 Å². The molecule has 0 radical (unpaired) electrons. The lowest BCUT2D eigenvalue weighted by atomic mass is 10.1. The fourth-order valence-electron chi connectivity index (χ4n) is 2.96. The van der Waals surface area contributed by atoms with Crippen LogP contribution in [0.15, 0.2) is 55.0 Å². The van der Waals surface area contributed by atoms with Gasteiger partial charge in [0.1, 0.15) is 5.82 Å². The van der Waals surface area contributed by atoms with Gasteiger partial charge in [-0.2, -0.15) is 5.10 Å². The second-order valence-electron chi connectivity index (χ2n) is 6.12. The summed E-state index contributed by atoms with van der Waals surface area (Å²) in [5, 5.41) is 6.52. The largest absolute Gasteiger partial charge is 0.434 e. The summed E-state index contributed by atoms with van der Waals surface area (Å²) in [4.78, 5) is 29.2. The summed E-state index contributed by atoms with van der Waals surface area (Å²) in [5.74, 6) is -0.301. The molecular formula is C19H16FN5O3. The van der Waals surface area contributed by atoms with Gasteiger partial charge in [-0.3, -0.25) is 9.69 Å². The molecule has 0 bridgehead atoms. The predicted octanol–water partition coefficient (Wildman–Crippen LogP) is 2.14. The second-order valence-corrected chi connectivity index (χ2v) is 6.12. The Kier molecular flexibility index (Phi) is 4.48. The van der Waals surface area contributed by atoms with E-state index in [9.17, 15) is 14.0 Å². The van der Waals surface area contributed by atoms with Gasteiger partial charge in [0.05, 0.1) is 12.2 Å². The molecule has 0 spiro atoms. The zero-order chi connectivity index (χ0) is 19.7. The van der Waals surface area contributed by atoms with E-state index in [0.717, 1.165) is 0 Å². The number of hydrogen-bond donors (Lipinski definition) is 1. The molecule has 3 aromatic rings. The number of halogens is 1. The first-order valence-electron chi connectivity index (χ1n) is 8.52. The van der Waals surface area contributed by atoms with Crippen LogP contribution >= 0.6 is 0 Å². The maximum Gasteiger partial charge on any atom is 0.415 e. The molecule has 8 nitrogen and oxygen atoms in total. The number of ether oxygens (including phenoxy) is 1. The number of anilines is 1. The molecule has 0 saturated carbocycles. The molecule has 2 aromatic heterocycles. The third-order valence-corrected chi connectivity index (χ3v) is 4.41. The average Bonchev–Trinajstić information content (AvgIpc) is 3.37. The minimum atomic E-state index is -0.917. The summed E-state index contributed by atoms with van der Waals surface area (Å²) >= 11 is 0. The summed E-state index contributed by atoms with van der Waals surface area (Å²) in [6, 6.07) is 9.68. The van der Waals surface area contributed by atoms with Gasteiger partial charge in [-0.25, -0.2) is 18.9 Å². The van der Waals surface area contributed by atoms with E-state index in [0.29, 0.717) is 22.6 Å². The molecule has 9 heteroatoms. The molecule has 0 unspecified atom stereocenters. The van der Waals surface area contributed by atoms with Crippen molar-refractivity contribution in [3.05, 3.63) is 60.8 Å². The Balaban J connectivity index is 1.57. The van der Waals surface area contributed by atoms with E-state index in [1.54, 1.807) is 53.6 Å². The molecule has 1 N–H and O–H groups in total. The molecule has 1 fully saturated rings. The quantitative estimate of drug-likeness (QED) is 0.748. The van der Waals surface area contributed by atoms with Gasteiger partial charge in [0.2, 0.25) is 0 Å². The van der Waals surface area contributed by atoms with Crippen molar-refractivity contribution < 1.29 is 18.7 Å². The van der Waals surface area contributed by atoms with Crippen molar-refractivity contribution in [2.75, 3.05) is 18.5 Å². The van der Waals surface area contributed by atoms with Gasteiger partial charge in [-0.15, -0.1) is 0 Å². The fourth-order valence-corrected chi connectivity index (χ4v) is 2.96. The maximum atomic E-state index is 14.7. The SMILES string of the molecule is CNC(=O)[C@H]1CN(c2ccc(-c3ccc(-n4cccn4)nc3)c(F)c2)C(=O)O1. The summed E-state index contributed by atoms with van der Waals surface area (Å²) < 4.78 is 21.3. The number of rotatable bonds is 4. The first-order valence-corrected chi connectivity index (χ1v) is 8.52. The van der Waals surface area contributed by atoms with Crippen molar-refractivity contribution in [2.45, 2.75) is 6.10 Å². The summed E-state index contributed by atoms with van der Waals surface area (Å²) in [6.07, 6.45) is 3.36. The summed E-state index contributed by atoms with van der Waals surface area (Å²) in [7, 11) is 1.46. The van der Waals surface area contributed by atoms with E-state index in [1.807, 2.05) is 0 Å². The van der Waals surface area contributed by atoms with Crippen LogP contribution in [0.25, 0.3) is 16.9 Å². The van der Waals surface area contributed by atoms with Crippen LogP contribution in [0.2, 0.25) is 0 Å². The lowest BCUT2D eigenvalue weighted by molar-refractivity contribution is -0.127. The molecule has 1 atom stereocenters. The second kappa shape index (κ2) is 7.10. The van der Waals surface area contributed by atoms with Crippen molar-refractivity contribution >= 4 is 17.7 Å². The maximum absolute atomic E-state index is 14.7. The third-order valence-electron chi connectivity index (χ3n) is 4.41. The molecule has 28 heavy (non-hydrogen) atoms. The molecule has 1 aliphatic heterocycles. The highest BCUT2D eigenvalue weighted by Crippen LogP contribution is 2.29. The van der Waals surface area contributed by atoms with Crippen LogP contribution < -0.4 is 10.2 Å². The van der Waals surface area contributed by atoms with Crippen LogP contribution in [-0.4, -0.2) is 46.5 Å². The Morgan fingerprint density at radius 3 is 2.82 bits per heavy atom. The van der Waals surface area contributed by atoms with Crippen molar-refractivity contribution in [1.82, 2.24) is 20.1 Å². The minimum Gasteiger partial charge on any atom is -0.434 e. The standard InChI is InChI=1S/C19H16FN5O3/c1-21-18(26)16-11-24(19(27)28-16)13-4-5-14(15(20)9-13)12-3-6-17(22-10-12)25-8-2-7-23-25/h2-10,16H,11H2,1H3,(H,21,26)/t16-/m1/s1. The monoisotopic (exact) mass is 381 g/mol. The first-order chi connectivity index (χ1) is 13.6. The molecule has 2 amide bonds. The number of pyridine rings is 1. The Labute approximate surface area is 159 Å². The summed E-state index contributed by atoms with van der Waals surface area (Å²) in [6.45, 7) is 0.0252. The van der Waals surface area contributed by atoms with E-state index in [2.05, 4.69) is 15.4 Å². The molecular weight excluding hydrogens is 365 g/mol. The number of nitrogens with one attached hydrogen (secondary N) is 1. The Morgan fingerprint density at radius 2 is 2.18 bits per heavy atom. The topological polar surface area (TPSA) is 89.4 Å². The first kappa shape index (κ1) is 17.7. The van der Waals surface area contributed by atoms with Crippen LogP contribution in [0.5, 0.6) is 0 Å². The molecule has 1 aliphatic rings. The number of aromatic nitrogens is 3. The number of nitrogens with zero attached hydrogens (tertiary/aromatic N) is 4. The highest BCUT2D eigenvalue weighted by molar-refractivity contribution is 5.95. The number of carbonyl (C=O) groups is 2. The number of amides is 2. The third kappa shape index (κ3) is 3.18. The zero-order valence-corrected chi connectivity index (χ0v) is 14.9. The van der Waals surface area contributed by atoms with E-state index >= 15 is 0 Å². The van der Waals surface area contributed by atoms with Gasteiger partial charge in [0.15, 0.2) is 11.9 Å². The highest BCUT2D eigenvalue weighted by Gasteiger charge is 2.36. The van der Waals surface area contributed by atoms with E-state index in [1.165, 1.54) is 18.0 Å². The van der Waals surface area contributed by atoms with Crippen molar-refractivity contribution in [2.24, 2.45) is 0 Å². The van der Waals surface area contributed by atoms with Gasteiger partial charge in [0.25, 0.3) is 5.91 Å². The van der Waals surface area contributed by atoms with Crippen LogP contribution in [0, 0.1) is 5.82 Å². The number of cyclic esters (lactones) is 1. The lowest BCUT2D eigenvalue weighted by Gasteiger charge is -2.14. The average molecular weight is 381 g/mol. The lowest BCUT2D eigenvalue weighted by Crippen LogP contribution is -2.35. The van der Waals surface area contributed by atoms with E-state index < -0.39 is 23.9 Å².